The van der Waals surface area contributed by atoms with E-state index in [1.54, 1.807) is 0 Å². The molecule has 1 N–H and O–H groups in total. The topological polar surface area (TPSA) is 42.7 Å². The Morgan fingerprint density at radius 2 is 1.96 bits per heavy atom. The molecule has 0 radical (unpaired) electrons. The van der Waals surface area contributed by atoms with Gasteiger partial charge in [0, 0.05) is 23.9 Å². The molecule has 0 spiro atoms. The number of anilines is 1. The van der Waals surface area contributed by atoms with Crippen molar-refractivity contribution in [3.63, 3.8) is 0 Å². The van der Waals surface area contributed by atoms with Crippen LogP contribution in [0.25, 0.3) is 5.69 Å². The summed E-state index contributed by atoms with van der Waals surface area (Å²) in [6, 6.07) is 9.05. The first kappa shape index (κ1) is 16.6. The molecule has 0 aliphatic carbocycles. The lowest BCUT2D eigenvalue weighted by molar-refractivity contribution is 0.572. The highest BCUT2D eigenvalue weighted by Gasteiger charge is 2.15. The Kier molecular flexibility index (Phi) is 4.62. The maximum atomic E-state index is 14.0. The van der Waals surface area contributed by atoms with E-state index < -0.39 is 11.6 Å². The van der Waals surface area contributed by atoms with Crippen molar-refractivity contribution >= 4 is 21.7 Å². The van der Waals surface area contributed by atoms with Crippen molar-refractivity contribution in [3.8, 4) is 5.69 Å². The summed E-state index contributed by atoms with van der Waals surface area (Å²) < 4.78 is 29.4. The quantitative estimate of drug-likeness (QED) is 0.662. The molecule has 0 fully saturated rings. The molecule has 2 heterocycles. The zero-order valence-corrected chi connectivity index (χ0v) is 14.7. The smallest absolute Gasteiger partial charge is 0.151 e. The number of aryl methyl sites for hydroxylation is 1. The number of hydrogen-bond acceptors (Lipinski definition) is 3. The second kappa shape index (κ2) is 6.68. The van der Waals surface area contributed by atoms with E-state index in [1.165, 1.54) is 16.8 Å². The summed E-state index contributed by atoms with van der Waals surface area (Å²) in [7, 11) is 0. The van der Waals surface area contributed by atoms with Gasteiger partial charge in [-0.3, -0.25) is 0 Å². The summed E-state index contributed by atoms with van der Waals surface area (Å²) in [5, 5.41) is 7.61. The third-order valence-electron chi connectivity index (χ3n) is 3.74. The van der Waals surface area contributed by atoms with Gasteiger partial charge in [-0.15, -0.1) is 0 Å². The van der Waals surface area contributed by atoms with E-state index in [-0.39, 0.29) is 5.69 Å². The van der Waals surface area contributed by atoms with Gasteiger partial charge in [-0.1, -0.05) is 6.07 Å². The van der Waals surface area contributed by atoms with Crippen molar-refractivity contribution in [2.75, 3.05) is 5.32 Å². The maximum absolute atomic E-state index is 14.0. The highest BCUT2D eigenvalue weighted by atomic mass is 79.9. The summed E-state index contributed by atoms with van der Waals surface area (Å²) in [6.45, 7) is 4.22. The maximum Gasteiger partial charge on any atom is 0.151 e. The molecule has 0 bridgehead atoms. The first-order valence-corrected chi connectivity index (χ1v) is 8.12. The molecule has 0 saturated carbocycles. The number of aromatic nitrogens is 3. The fourth-order valence-electron chi connectivity index (χ4n) is 2.50. The molecule has 0 unspecified atom stereocenters. The molecule has 24 heavy (non-hydrogen) atoms. The summed E-state index contributed by atoms with van der Waals surface area (Å²) in [5.41, 5.74) is 2.74. The highest BCUT2D eigenvalue weighted by molar-refractivity contribution is 9.10. The van der Waals surface area contributed by atoms with E-state index in [0.29, 0.717) is 6.54 Å². The van der Waals surface area contributed by atoms with Crippen molar-refractivity contribution in [2.24, 2.45) is 0 Å². The van der Waals surface area contributed by atoms with Crippen LogP contribution < -0.4 is 5.32 Å². The van der Waals surface area contributed by atoms with E-state index in [4.69, 9.17) is 0 Å². The molecule has 4 nitrogen and oxygen atoms in total. The standard InChI is InChI=1S/C17H15BrF2N4/c1-10-13(9-21-17-5-3-4-16(18)22-17)11(2)24(23-10)15-7-6-12(19)8-14(15)20/h3-8H,9H2,1-2H3,(H,21,22). The predicted octanol–water partition coefficient (Wildman–Crippen LogP) is 4.54. The highest BCUT2D eigenvalue weighted by Crippen LogP contribution is 2.22. The Labute approximate surface area is 146 Å². The van der Waals surface area contributed by atoms with Crippen LogP contribution in [-0.2, 0) is 6.54 Å². The van der Waals surface area contributed by atoms with Gasteiger partial charge in [0.2, 0.25) is 0 Å². The Hall–Kier alpha value is -2.28. The minimum Gasteiger partial charge on any atom is -0.366 e. The average molecular weight is 393 g/mol. The Balaban J connectivity index is 1.89. The van der Waals surface area contributed by atoms with Crippen LogP contribution in [0.3, 0.4) is 0 Å². The molecule has 3 aromatic rings. The van der Waals surface area contributed by atoms with E-state index in [2.05, 4.69) is 31.3 Å². The number of nitrogens with one attached hydrogen (secondary N) is 1. The van der Waals surface area contributed by atoms with Crippen LogP contribution in [0.2, 0.25) is 0 Å². The van der Waals surface area contributed by atoms with Crippen LogP contribution in [0.1, 0.15) is 17.0 Å². The van der Waals surface area contributed by atoms with Gasteiger partial charge >= 0.3 is 0 Å². The third kappa shape index (κ3) is 3.31. The molecule has 2 aromatic heterocycles. The monoisotopic (exact) mass is 392 g/mol. The molecule has 1 aromatic carbocycles. The average Bonchev–Trinajstić information content (AvgIpc) is 2.80. The normalized spacial score (nSPS) is 10.9. The molecule has 0 amide bonds. The zero-order chi connectivity index (χ0) is 17.3. The second-order valence-electron chi connectivity index (χ2n) is 5.36. The Bertz CT molecular complexity index is 892. The van der Waals surface area contributed by atoms with Gasteiger partial charge in [-0.2, -0.15) is 5.10 Å². The predicted molar refractivity (Wildman–Crippen MR) is 92.2 cm³/mol. The number of pyridine rings is 1. The van der Waals surface area contributed by atoms with E-state index in [9.17, 15) is 8.78 Å². The lowest BCUT2D eigenvalue weighted by atomic mass is 10.2. The van der Waals surface area contributed by atoms with Crippen LogP contribution in [0.4, 0.5) is 14.6 Å². The number of benzene rings is 1. The van der Waals surface area contributed by atoms with Crippen LogP contribution in [0.5, 0.6) is 0 Å². The molecule has 3 rings (SSSR count). The van der Waals surface area contributed by atoms with Gasteiger partial charge in [0.1, 0.15) is 21.9 Å². The van der Waals surface area contributed by atoms with Crippen LogP contribution >= 0.6 is 15.9 Å². The van der Waals surface area contributed by atoms with Crippen molar-refractivity contribution in [2.45, 2.75) is 20.4 Å². The number of rotatable bonds is 4. The minimum absolute atomic E-state index is 0.226. The summed E-state index contributed by atoms with van der Waals surface area (Å²) in [4.78, 5) is 4.31. The van der Waals surface area contributed by atoms with Gasteiger partial charge in [0.15, 0.2) is 5.82 Å². The van der Waals surface area contributed by atoms with Gasteiger partial charge in [0.05, 0.1) is 5.69 Å². The Morgan fingerprint density at radius 1 is 1.17 bits per heavy atom. The molecule has 0 atom stereocenters. The Morgan fingerprint density at radius 3 is 2.67 bits per heavy atom. The van der Waals surface area contributed by atoms with Crippen molar-refractivity contribution in [1.82, 2.24) is 14.8 Å². The van der Waals surface area contributed by atoms with Crippen LogP contribution in [0.15, 0.2) is 41.0 Å². The molecule has 0 aliphatic rings. The fourth-order valence-corrected chi connectivity index (χ4v) is 2.85. The fraction of sp³-hybridized carbons (Fsp3) is 0.176. The van der Waals surface area contributed by atoms with Crippen LogP contribution in [0, 0.1) is 25.5 Å². The largest absolute Gasteiger partial charge is 0.366 e. The zero-order valence-electron chi connectivity index (χ0n) is 13.1. The number of halogens is 3. The lowest BCUT2D eigenvalue weighted by Gasteiger charge is -2.08. The molecular weight excluding hydrogens is 378 g/mol. The van der Waals surface area contributed by atoms with E-state index in [1.807, 2.05) is 32.0 Å². The third-order valence-corrected chi connectivity index (χ3v) is 4.18. The van der Waals surface area contributed by atoms with Crippen molar-refractivity contribution in [1.29, 1.82) is 0 Å². The summed E-state index contributed by atoms with van der Waals surface area (Å²) in [6.07, 6.45) is 0. The molecule has 0 saturated heterocycles. The van der Waals surface area contributed by atoms with E-state index in [0.717, 1.165) is 33.4 Å². The van der Waals surface area contributed by atoms with Gasteiger partial charge in [-0.05, 0) is 54.0 Å². The number of nitrogens with zero attached hydrogens (tertiary/aromatic N) is 3. The minimum atomic E-state index is -0.645. The second-order valence-corrected chi connectivity index (χ2v) is 6.17. The van der Waals surface area contributed by atoms with Crippen molar-refractivity contribution in [3.05, 3.63) is 69.6 Å². The summed E-state index contributed by atoms with van der Waals surface area (Å²) in [5.74, 6) is -0.530. The molecule has 0 aliphatic heterocycles. The molecule has 124 valence electrons. The summed E-state index contributed by atoms with van der Waals surface area (Å²) >= 11 is 3.33. The molecule has 7 heteroatoms. The van der Waals surface area contributed by atoms with Crippen LogP contribution in [-0.4, -0.2) is 14.8 Å². The van der Waals surface area contributed by atoms with Gasteiger partial charge < -0.3 is 5.32 Å². The van der Waals surface area contributed by atoms with Crippen molar-refractivity contribution < 1.29 is 8.78 Å². The van der Waals surface area contributed by atoms with E-state index >= 15 is 0 Å². The SMILES string of the molecule is Cc1nn(-c2ccc(F)cc2F)c(C)c1CNc1cccc(Br)n1. The first-order valence-electron chi connectivity index (χ1n) is 7.32. The lowest BCUT2D eigenvalue weighted by Crippen LogP contribution is -2.05. The molecular formula is C17H15BrF2N4. The van der Waals surface area contributed by atoms with Gasteiger partial charge in [0.25, 0.3) is 0 Å². The first-order chi connectivity index (χ1) is 11.5. The number of hydrogen-bond donors (Lipinski definition) is 1. The van der Waals surface area contributed by atoms with Gasteiger partial charge in [-0.25, -0.2) is 18.4 Å².